The molecule has 0 bridgehead atoms. The average molecular weight is 393 g/mol. The van der Waals surface area contributed by atoms with Gasteiger partial charge in [-0.15, -0.1) is 0 Å². The van der Waals surface area contributed by atoms with E-state index in [0.29, 0.717) is 37.2 Å². The van der Waals surface area contributed by atoms with E-state index in [4.69, 9.17) is 0 Å². The number of benzene rings is 1. The minimum atomic E-state index is -0.259. The molecule has 5 rings (SSSR count). The Morgan fingerprint density at radius 2 is 2.00 bits per heavy atom. The van der Waals surface area contributed by atoms with Gasteiger partial charge in [-0.05, 0) is 62.9 Å². The summed E-state index contributed by atoms with van der Waals surface area (Å²) in [6.45, 7) is 5.28. The van der Waals surface area contributed by atoms with E-state index in [1.54, 1.807) is 18.5 Å². The van der Waals surface area contributed by atoms with E-state index in [2.05, 4.69) is 17.0 Å². The predicted octanol–water partition coefficient (Wildman–Crippen LogP) is 3.69. The Balaban J connectivity index is 1.35. The Kier molecular flexibility index (Phi) is 4.26. The molecule has 29 heavy (non-hydrogen) atoms. The van der Waals surface area contributed by atoms with E-state index in [0.717, 1.165) is 22.8 Å². The van der Waals surface area contributed by atoms with E-state index >= 15 is 0 Å². The van der Waals surface area contributed by atoms with E-state index in [1.807, 2.05) is 27.1 Å². The van der Waals surface area contributed by atoms with Gasteiger partial charge in [-0.1, -0.05) is 0 Å². The molecule has 1 aromatic carbocycles. The number of imidazole rings is 1. The summed E-state index contributed by atoms with van der Waals surface area (Å²) in [5.41, 5.74) is 4.38. The molecule has 1 aliphatic heterocycles. The standard InChI is InChI=1S/C22H24FN5O/c1-14-11-19(25-28(14)15(2)16-3-4-16)22(29)26-10-9-21-20(12-26)24-13-27(21)18-7-5-17(23)6-8-18/h5-8,11,13,15-16H,3-4,9-10,12H2,1-2H3/t15-/m0/s1. The minimum Gasteiger partial charge on any atom is -0.331 e. The highest BCUT2D eigenvalue weighted by atomic mass is 19.1. The van der Waals surface area contributed by atoms with Crippen LogP contribution in [0, 0.1) is 18.7 Å². The summed E-state index contributed by atoms with van der Waals surface area (Å²) in [7, 11) is 0. The molecule has 6 nitrogen and oxygen atoms in total. The van der Waals surface area contributed by atoms with Gasteiger partial charge in [0.2, 0.25) is 0 Å². The average Bonchev–Trinajstić information content (AvgIpc) is 3.38. The molecule has 7 heteroatoms. The molecule has 0 radical (unpaired) electrons. The number of aryl methyl sites for hydroxylation is 1. The van der Waals surface area contributed by atoms with Crippen LogP contribution in [0.2, 0.25) is 0 Å². The Morgan fingerprint density at radius 1 is 1.24 bits per heavy atom. The number of aromatic nitrogens is 4. The maximum Gasteiger partial charge on any atom is 0.274 e. The number of halogens is 1. The summed E-state index contributed by atoms with van der Waals surface area (Å²) in [5, 5.41) is 4.63. The molecule has 1 aliphatic carbocycles. The first-order valence-electron chi connectivity index (χ1n) is 10.2. The normalized spacial score (nSPS) is 17.3. The van der Waals surface area contributed by atoms with Gasteiger partial charge in [0.05, 0.1) is 24.6 Å². The van der Waals surface area contributed by atoms with Crippen molar-refractivity contribution in [1.82, 2.24) is 24.2 Å². The summed E-state index contributed by atoms with van der Waals surface area (Å²) >= 11 is 0. The van der Waals surface area contributed by atoms with E-state index in [1.165, 1.54) is 25.0 Å². The fraction of sp³-hybridized carbons (Fsp3) is 0.409. The molecule has 0 spiro atoms. The molecule has 3 aromatic rings. The fourth-order valence-electron chi connectivity index (χ4n) is 4.25. The second kappa shape index (κ2) is 6.83. The van der Waals surface area contributed by atoms with Gasteiger partial charge in [0, 0.05) is 30.0 Å². The van der Waals surface area contributed by atoms with E-state index in [9.17, 15) is 9.18 Å². The van der Waals surface area contributed by atoms with Gasteiger partial charge < -0.3 is 9.47 Å². The number of hydrogen-bond donors (Lipinski definition) is 0. The zero-order valence-corrected chi connectivity index (χ0v) is 16.7. The van der Waals surface area contributed by atoms with Crippen molar-refractivity contribution in [3.8, 4) is 5.69 Å². The van der Waals surface area contributed by atoms with Crippen molar-refractivity contribution in [2.75, 3.05) is 6.54 Å². The molecule has 1 fully saturated rings. The Labute approximate surface area is 169 Å². The van der Waals surface area contributed by atoms with Crippen molar-refractivity contribution in [3.05, 3.63) is 65.3 Å². The van der Waals surface area contributed by atoms with Crippen molar-refractivity contribution in [1.29, 1.82) is 0 Å². The van der Waals surface area contributed by atoms with Gasteiger partial charge in [-0.25, -0.2) is 9.37 Å². The second-order valence-corrected chi connectivity index (χ2v) is 8.15. The fourth-order valence-corrected chi connectivity index (χ4v) is 4.25. The summed E-state index contributed by atoms with van der Waals surface area (Å²) in [4.78, 5) is 19.4. The van der Waals surface area contributed by atoms with Crippen molar-refractivity contribution in [2.45, 2.75) is 45.7 Å². The topological polar surface area (TPSA) is 56.0 Å². The molecule has 1 atom stereocenters. The molecular formula is C22H24FN5O. The van der Waals surface area contributed by atoms with Gasteiger partial charge in [0.25, 0.3) is 5.91 Å². The molecule has 3 heterocycles. The predicted molar refractivity (Wildman–Crippen MR) is 106 cm³/mol. The summed E-state index contributed by atoms with van der Waals surface area (Å²) in [6, 6.07) is 8.62. The first kappa shape index (κ1) is 18.1. The highest BCUT2D eigenvalue weighted by molar-refractivity contribution is 5.92. The highest BCUT2D eigenvalue weighted by Crippen LogP contribution is 2.39. The van der Waals surface area contributed by atoms with Crippen LogP contribution in [0.5, 0.6) is 0 Å². The number of fused-ring (bicyclic) bond motifs is 1. The number of rotatable bonds is 4. The SMILES string of the molecule is Cc1cc(C(=O)N2CCc3c(ncn3-c3ccc(F)cc3)C2)nn1[C@@H](C)C1CC1. The number of hydrogen-bond acceptors (Lipinski definition) is 3. The number of amides is 1. The van der Waals surface area contributed by atoms with E-state index < -0.39 is 0 Å². The summed E-state index contributed by atoms with van der Waals surface area (Å²) in [5.74, 6) is 0.381. The third kappa shape index (κ3) is 3.24. The van der Waals surface area contributed by atoms with Crippen LogP contribution in [0.1, 0.15) is 53.4 Å². The molecule has 2 aliphatic rings. The van der Waals surface area contributed by atoms with Crippen LogP contribution >= 0.6 is 0 Å². The monoisotopic (exact) mass is 393 g/mol. The van der Waals surface area contributed by atoms with Gasteiger partial charge in [-0.3, -0.25) is 9.48 Å². The van der Waals surface area contributed by atoms with Crippen LogP contribution in [-0.2, 0) is 13.0 Å². The quantitative estimate of drug-likeness (QED) is 0.679. The third-order valence-corrected chi connectivity index (χ3v) is 6.14. The van der Waals surface area contributed by atoms with Crippen LogP contribution in [0.15, 0.2) is 36.7 Å². The molecule has 1 amide bonds. The van der Waals surface area contributed by atoms with Crippen LogP contribution in [-0.4, -0.2) is 36.7 Å². The zero-order valence-electron chi connectivity index (χ0n) is 16.7. The van der Waals surface area contributed by atoms with Crippen LogP contribution < -0.4 is 0 Å². The van der Waals surface area contributed by atoms with Crippen molar-refractivity contribution in [3.63, 3.8) is 0 Å². The van der Waals surface area contributed by atoms with Gasteiger partial charge in [0.15, 0.2) is 5.69 Å². The minimum absolute atomic E-state index is 0.0446. The number of carbonyl (C=O) groups is 1. The highest BCUT2D eigenvalue weighted by Gasteiger charge is 2.32. The maximum atomic E-state index is 13.2. The molecule has 150 valence electrons. The lowest BCUT2D eigenvalue weighted by Gasteiger charge is -2.26. The van der Waals surface area contributed by atoms with Gasteiger partial charge >= 0.3 is 0 Å². The van der Waals surface area contributed by atoms with Crippen LogP contribution in [0.25, 0.3) is 5.69 Å². The smallest absolute Gasteiger partial charge is 0.274 e. The maximum absolute atomic E-state index is 13.2. The summed E-state index contributed by atoms with van der Waals surface area (Å²) in [6.07, 6.45) is 4.95. The van der Waals surface area contributed by atoms with Crippen molar-refractivity contribution < 1.29 is 9.18 Å². The first-order valence-corrected chi connectivity index (χ1v) is 10.2. The Morgan fingerprint density at radius 3 is 2.72 bits per heavy atom. The largest absolute Gasteiger partial charge is 0.331 e. The third-order valence-electron chi connectivity index (χ3n) is 6.14. The second-order valence-electron chi connectivity index (χ2n) is 8.15. The zero-order chi connectivity index (χ0) is 20.1. The molecule has 0 saturated heterocycles. The number of carbonyl (C=O) groups excluding carboxylic acids is 1. The van der Waals surface area contributed by atoms with Crippen LogP contribution in [0.4, 0.5) is 4.39 Å². The van der Waals surface area contributed by atoms with Crippen molar-refractivity contribution >= 4 is 5.91 Å². The molecule has 1 saturated carbocycles. The van der Waals surface area contributed by atoms with Gasteiger partial charge in [-0.2, -0.15) is 5.10 Å². The molecular weight excluding hydrogens is 369 g/mol. The van der Waals surface area contributed by atoms with E-state index in [-0.39, 0.29) is 11.7 Å². The summed E-state index contributed by atoms with van der Waals surface area (Å²) < 4.78 is 17.2. The Hall–Kier alpha value is -2.96. The molecule has 0 unspecified atom stereocenters. The lowest BCUT2D eigenvalue weighted by atomic mass is 10.1. The van der Waals surface area contributed by atoms with Gasteiger partial charge in [0.1, 0.15) is 5.82 Å². The lowest BCUT2D eigenvalue weighted by Crippen LogP contribution is -2.36. The van der Waals surface area contributed by atoms with Crippen molar-refractivity contribution in [2.24, 2.45) is 5.92 Å². The molecule has 0 N–H and O–H groups in total. The number of nitrogens with zero attached hydrogens (tertiary/aromatic N) is 5. The lowest BCUT2D eigenvalue weighted by molar-refractivity contribution is 0.0724. The van der Waals surface area contributed by atoms with Crippen LogP contribution in [0.3, 0.4) is 0 Å². The Bertz CT molecular complexity index is 1060. The molecule has 2 aromatic heterocycles. The first-order chi connectivity index (χ1) is 14.0.